The number of aromatic nitrogens is 2. The first-order valence-corrected chi connectivity index (χ1v) is 5.99. The molecule has 1 heterocycles. The minimum atomic E-state index is -0.828. The van der Waals surface area contributed by atoms with E-state index in [2.05, 4.69) is 17.1 Å². The van der Waals surface area contributed by atoms with Crippen molar-refractivity contribution in [3.8, 4) is 0 Å². The summed E-state index contributed by atoms with van der Waals surface area (Å²) in [5, 5.41) is 12.2. The molecule has 0 saturated carbocycles. The fourth-order valence-corrected chi connectivity index (χ4v) is 1.58. The molecule has 6 heteroatoms. The second kappa shape index (κ2) is 6.44. The van der Waals surface area contributed by atoms with Crippen LogP contribution in [0.15, 0.2) is 4.52 Å². The van der Waals surface area contributed by atoms with Crippen molar-refractivity contribution < 1.29 is 14.4 Å². The third kappa shape index (κ3) is 4.83. The molecular weight excluding hydrogens is 216 g/mol. The number of carboxylic acids is 1. The van der Waals surface area contributed by atoms with E-state index in [9.17, 15) is 4.79 Å². The SMILES string of the molecule is CCCCc1noc(CSCC(=O)O)n1. The summed E-state index contributed by atoms with van der Waals surface area (Å²) in [6.45, 7) is 2.10. The Labute approximate surface area is 92.2 Å². The Balaban J connectivity index is 2.29. The van der Waals surface area contributed by atoms with Gasteiger partial charge in [0.05, 0.1) is 11.5 Å². The summed E-state index contributed by atoms with van der Waals surface area (Å²) in [6, 6.07) is 0. The average molecular weight is 230 g/mol. The summed E-state index contributed by atoms with van der Waals surface area (Å²) in [5.41, 5.74) is 0. The minimum Gasteiger partial charge on any atom is -0.481 e. The molecule has 0 aliphatic carbocycles. The lowest BCUT2D eigenvalue weighted by atomic mass is 10.2. The third-order valence-electron chi connectivity index (χ3n) is 1.72. The summed E-state index contributed by atoms with van der Waals surface area (Å²) < 4.78 is 4.97. The molecule has 0 saturated heterocycles. The van der Waals surface area contributed by atoms with Crippen LogP contribution in [0.2, 0.25) is 0 Å². The Hall–Kier alpha value is -1.04. The van der Waals surface area contributed by atoms with Crippen molar-refractivity contribution in [3.63, 3.8) is 0 Å². The Bertz CT molecular complexity index is 314. The molecule has 1 rings (SSSR count). The van der Waals surface area contributed by atoms with E-state index in [-0.39, 0.29) is 5.75 Å². The number of aliphatic carboxylic acids is 1. The number of carbonyl (C=O) groups is 1. The molecule has 0 aliphatic heterocycles. The van der Waals surface area contributed by atoms with E-state index < -0.39 is 5.97 Å². The van der Waals surface area contributed by atoms with Crippen LogP contribution in [0.25, 0.3) is 0 Å². The first kappa shape index (κ1) is 12.0. The summed E-state index contributed by atoms with van der Waals surface area (Å²) >= 11 is 1.26. The number of unbranched alkanes of at least 4 members (excludes halogenated alkanes) is 1. The first-order chi connectivity index (χ1) is 7.22. The molecule has 0 unspecified atom stereocenters. The van der Waals surface area contributed by atoms with Crippen LogP contribution < -0.4 is 0 Å². The number of carboxylic acid groups (broad SMARTS) is 1. The smallest absolute Gasteiger partial charge is 0.313 e. The van der Waals surface area contributed by atoms with Gasteiger partial charge in [0.15, 0.2) is 5.82 Å². The Kier molecular flexibility index (Phi) is 5.17. The molecule has 15 heavy (non-hydrogen) atoms. The average Bonchev–Trinajstić information content (AvgIpc) is 2.62. The lowest BCUT2D eigenvalue weighted by Crippen LogP contribution is -1.98. The van der Waals surface area contributed by atoms with Gasteiger partial charge in [-0.05, 0) is 6.42 Å². The molecule has 84 valence electrons. The van der Waals surface area contributed by atoms with Gasteiger partial charge in [0.25, 0.3) is 0 Å². The van der Waals surface area contributed by atoms with Crippen molar-refractivity contribution >= 4 is 17.7 Å². The number of rotatable bonds is 7. The van der Waals surface area contributed by atoms with Crippen LogP contribution in [0.3, 0.4) is 0 Å². The first-order valence-electron chi connectivity index (χ1n) is 4.83. The Morgan fingerprint density at radius 3 is 3.07 bits per heavy atom. The van der Waals surface area contributed by atoms with E-state index >= 15 is 0 Å². The van der Waals surface area contributed by atoms with Crippen LogP contribution >= 0.6 is 11.8 Å². The number of nitrogens with zero attached hydrogens (tertiary/aromatic N) is 2. The van der Waals surface area contributed by atoms with Crippen molar-refractivity contribution in [1.82, 2.24) is 10.1 Å². The van der Waals surface area contributed by atoms with E-state index in [0.717, 1.165) is 19.3 Å². The maximum Gasteiger partial charge on any atom is 0.313 e. The minimum absolute atomic E-state index is 0.0622. The van der Waals surface area contributed by atoms with Gasteiger partial charge < -0.3 is 9.63 Å². The van der Waals surface area contributed by atoms with Gasteiger partial charge in [-0.1, -0.05) is 18.5 Å². The lowest BCUT2D eigenvalue weighted by Gasteiger charge is -1.91. The molecule has 0 aromatic carbocycles. The molecule has 1 aromatic rings. The summed E-state index contributed by atoms with van der Waals surface area (Å²) in [6.07, 6.45) is 2.96. The van der Waals surface area contributed by atoms with E-state index in [1.807, 2.05) is 0 Å². The van der Waals surface area contributed by atoms with Crippen LogP contribution in [-0.2, 0) is 17.0 Å². The van der Waals surface area contributed by atoms with Crippen molar-refractivity contribution in [1.29, 1.82) is 0 Å². The molecule has 0 fully saturated rings. The zero-order valence-electron chi connectivity index (χ0n) is 8.60. The lowest BCUT2D eigenvalue weighted by molar-refractivity contribution is -0.133. The summed E-state index contributed by atoms with van der Waals surface area (Å²) in [5.74, 6) is 0.916. The van der Waals surface area contributed by atoms with Crippen LogP contribution in [-0.4, -0.2) is 27.0 Å². The van der Waals surface area contributed by atoms with E-state index in [4.69, 9.17) is 9.63 Å². The zero-order valence-corrected chi connectivity index (χ0v) is 9.42. The molecule has 0 aliphatic rings. The summed E-state index contributed by atoms with van der Waals surface area (Å²) in [4.78, 5) is 14.4. The fraction of sp³-hybridized carbons (Fsp3) is 0.667. The van der Waals surface area contributed by atoms with E-state index in [1.165, 1.54) is 11.8 Å². The van der Waals surface area contributed by atoms with E-state index in [1.54, 1.807) is 0 Å². The van der Waals surface area contributed by atoms with Gasteiger partial charge in [0.2, 0.25) is 5.89 Å². The summed E-state index contributed by atoms with van der Waals surface area (Å²) in [7, 11) is 0. The highest BCUT2D eigenvalue weighted by Gasteiger charge is 2.06. The Morgan fingerprint density at radius 1 is 1.60 bits per heavy atom. The number of hydrogen-bond acceptors (Lipinski definition) is 5. The van der Waals surface area contributed by atoms with Gasteiger partial charge in [0.1, 0.15) is 0 Å². The standard InChI is InChI=1S/C9H14N2O3S/c1-2-3-4-7-10-8(14-11-7)5-15-6-9(12)13/h2-6H2,1H3,(H,12,13). The molecule has 0 spiro atoms. The zero-order chi connectivity index (χ0) is 11.1. The van der Waals surface area contributed by atoms with Crippen LogP contribution in [0.5, 0.6) is 0 Å². The van der Waals surface area contributed by atoms with Crippen molar-refractivity contribution in [2.75, 3.05) is 5.75 Å². The van der Waals surface area contributed by atoms with Crippen molar-refractivity contribution in [2.45, 2.75) is 31.9 Å². The largest absolute Gasteiger partial charge is 0.481 e. The van der Waals surface area contributed by atoms with Gasteiger partial charge in [-0.3, -0.25) is 4.79 Å². The Morgan fingerprint density at radius 2 is 2.40 bits per heavy atom. The highest BCUT2D eigenvalue weighted by Crippen LogP contribution is 2.10. The van der Waals surface area contributed by atoms with Crippen molar-refractivity contribution in [2.24, 2.45) is 0 Å². The van der Waals surface area contributed by atoms with Gasteiger partial charge in [0, 0.05) is 6.42 Å². The fourth-order valence-electron chi connectivity index (χ4n) is 1.01. The molecule has 0 amide bonds. The molecular formula is C9H14N2O3S. The highest BCUT2D eigenvalue weighted by atomic mass is 32.2. The second-order valence-corrected chi connectivity index (χ2v) is 4.08. The quantitative estimate of drug-likeness (QED) is 0.768. The number of aryl methyl sites for hydroxylation is 1. The van der Waals surface area contributed by atoms with Crippen molar-refractivity contribution in [3.05, 3.63) is 11.7 Å². The number of thioether (sulfide) groups is 1. The van der Waals surface area contributed by atoms with Gasteiger partial charge >= 0.3 is 5.97 Å². The predicted molar refractivity (Wildman–Crippen MR) is 56.7 cm³/mol. The third-order valence-corrected chi connectivity index (χ3v) is 2.62. The van der Waals surface area contributed by atoms with E-state index in [0.29, 0.717) is 17.5 Å². The molecule has 1 N–H and O–H groups in total. The second-order valence-electron chi connectivity index (χ2n) is 3.09. The monoisotopic (exact) mass is 230 g/mol. The maximum atomic E-state index is 10.2. The van der Waals surface area contributed by atoms with Crippen LogP contribution in [0.4, 0.5) is 0 Å². The predicted octanol–water partition coefficient (Wildman–Crippen LogP) is 1.73. The van der Waals surface area contributed by atoms with Gasteiger partial charge in [-0.15, -0.1) is 11.8 Å². The molecule has 1 aromatic heterocycles. The van der Waals surface area contributed by atoms with Gasteiger partial charge in [-0.2, -0.15) is 4.98 Å². The van der Waals surface area contributed by atoms with Crippen LogP contribution in [0, 0.1) is 0 Å². The maximum absolute atomic E-state index is 10.2. The normalized spacial score (nSPS) is 10.5. The highest BCUT2D eigenvalue weighted by molar-refractivity contribution is 7.99. The van der Waals surface area contributed by atoms with Crippen LogP contribution in [0.1, 0.15) is 31.5 Å². The molecule has 0 bridgehead atoms. The topological polar surface area (TPSA) is 76.2 Å². The van der Waals surface area contributed by atoms with Gasteiger partial charge in [-0.25, -0.2) is 0 Å². The number of hydrogen-bond donors (Lipinski definition) is 1. The molecule has 0 radical (unpaired) electrons. The molecule has 0 atom stereocenters. The molecule has 5 nitrogen and oxygen atoms in total.